The average Bonchev–Trinajstić information content (AvgIpc) is 3.60. The Morgan fingerprint density at radius 3 is 1.44 bits per heavy atom. The van der Waals surface area contributed by atoms with E-state index in [2.05, 4.69) is 217 Å². The topological polar surface area (TPSA) is 4.93 Å². The second kappa shape index (κ2) is 12.7. The van der Waals surface area contributed by atoms with Gasteiger partial charge in [0.05, 0.1) is 11.0 Å². The molecule has 0 atom stereocenters. The van der Waals surface area contributed by atoms with E-state index in [-0.39, 0.29) is 0 Å². The van der Waals surface area contributed by atoms with Crippen molar-refractivity contribution < 1.29 is 0 Å². The second-order valence-corrected chi connectivity index (χ2v) is 14.4. The molecular formula is C54H35N. The maximum Gasteiger partial charge on any atom is 0.0619 e. The van der Waals surface area contributed by atoms with Crippen LogP contribution in [0.1, 0.15) is 0 Å². The van der Waals surface area contributed by atoms with Gasteiger partial charge in [-0.1, -0.05) is 194 Å². The number of hydrogen-bond donors (Lipinski definition) is 0. The molecule has 0 amide bonds. The number of nitrogens with zero attached hydrogens (tertiary/aromatic N) is 1. The summed E-state index contributed by atoms with van der Waals surface area (Å²) in [5.41, 5.74) is 13.5. The Hall–Kier alpha value is -7.22. The van der Waals surface area contributed by atoms with Gasteiger partial charge < -0.3 is 4.57 Å². The zero-order chi connectivity index (χ0) is 36.3. The van der Waals surface area contributed by atoms with Gasteiger partial charge >= 0.3 is 0 Å². The average molecular weight is 698 g/mol. The summed E-state index contributed by atoms with van der Waals surface area (Å²) in [6.07, 6.45) is 0. The molecule has 1 heteroatoms. The minimum atomic E-state index is 1.14. The summed E-state index contributed by atoms with van der Waals surface area (Å²) in [6, 6.07) is 77.7. The van der Waals surface area contributed by atoms with Gasteiger partial charge in [0, 0.05) is 22.0 Å². The zero-order valence-electron chi connectivity index (χ0n) is 30.2. The van der Waals surface area contributed by atoms with Gasteiger partial charge in [0.15, 0.2) is 0 Å². The van der Waals surface area contributed by atoms with Gasteiger partial charge in [0.2, 0.25) is 0 Å². The lowest BCUT2D eigenvalue weighted by molar-refractivity contribution is 1.18. The van der Waals surface area contributed by atoms with E-state index in [1.807, 2.05) is 0 Å². The third-order valence-corrected chi connectivity index (χ3v) is 11.4. The Kier molecular flexibility index (Phi) is 7.25. The summed E-state index contributed by atoms with van der Waals surface area (Å²) < 4.78 is 2.45. The van der Waals surface area contributed by atoms with E-state index in [1.165, 1.54) is 98.6 Å². The number of aromatic nitrogens is 1. The van der Waals surface area contributed by atoms with Gasteiger partial charge in [-0.15, -0.1) is 0 Å². The molecule has 1 aromatic heterocycles. The third-order valence-electron chi connectivity index (χ3n) is 11.4. The van der Waals surface area contributed by atoms with Gasteiger partial charge in [0.1, 0.15) is 0 Å². The fourth-order valence-electron chi connectivity index (χ4n) is 8.94. The highest BCUT2D eigenvalue weighted by Crippen LogP contribution is 2.46. The highest BCUT2D eigenvalue weighted by molar-refractivity contribution is 6.23. The van der Waals surface area contributed by atoms with Crippen LogP contribution in [0.5, 0.6) is 0 Å². The van der Waals surface area contributed by atoms with Gasteiger partial charge in [-0.2, -0.15) is 0 Å². The monoisotopic (exact) mass is 697 g/mol. The maximum absolute atomic E-state index is 2.45. The molecule has 0 aliphatic carbocycles. The van der Waals surface area contributed by atoms with Crippen molar-refractivity contribution in [2.75, 3.05) is 0 Å². The van der Waals surface area contributed by atoms with E-state index in [4.69, 9.17) is 0 Å². The molecule has 1 nitrogen and oxygen atoms in total. The smallest absolute Gasteiger partial charge is 0.0619 e. The van der Waals surface area contributed by atoms with Crippen molar-refractivity contribution in [3.05, 3.63) is 212 Å². The molecule has 0 saturated heterocycles. The Morgan fingerprint density at radius 2 is 0.727 bits per heavy atom. The van der Waals surface area contributed by atoms with Crippen LogP contribution in [0.3, 0.4) is 0 Å². The Balaban J connectivity index is 1.10. The van der Waals surface area contributed by atoms with E-state index in [1.54, 1.807) is 0 Å². The lowest BCUT2D eigenvalue weighted by atomic mass is 9.85. The predicted molar refractivity (Wildman–Crippen MR) is 235 cm³/mol. The van der Waals surface area contributed by atoms with Crippen molar-refractivity contribution in [1.29, 1.82) is 0 Å². The molecule has 55 heavy (non-hydrogen) atoms. The molecule has 11 rings (SSSR count). The molecule has 0 aliphatic rings. The first-order valence-electron chi connectivity index (χ1n) is 19.0. The van der Waals surface area contributed by atoms with E-state index in [0.29, 0.717) is 0 Å². The summed E-state index contributed by atoms with van der Waals surface area (Å²) in [6.45, 7) is 0. The lowest BCUT2D eigenvalue weighted by Crippen LogP contribution is -1.96. The minimum Gasteiger partial charge on any atom is -0.309 e. The largest absolute Gasteiger partial charge is 0.309 e. The van der Waals surface area contributed by atoms with Gasteiger partial charge in [-0.25, -0.2) is 0 Å². The van der Waals surface area contributed by atoms with Crippen molar-refractivity contribution in [1.82, 2.24) is 4.57 Å². The normalized spacial score (nSPS) is 11.6. The third kappa shape index (κ3) is 5.01. The zero-order valence-corrected chi connectivity index (χ0v) is 30.2. The fraction of sp³-hybridized carbons (Fsp3) is 0. The highest BCUT2D eigenvalue weighted by atomic mass is 15.0. The Bertz CT molecular complexity index is 3160. The number of hydrogen-bond acceptors (Lipinski definition) is 0. The number of benzene rings is 10. The number of rotatable bonds is 5. The molecule has 0 spiro atoms. The van der Waals surface area contributed by atoms with Crippen LogP contribution >= 0.6 is 0 Å². The summed E-state index contributed by atoms with van der Waals surface area (Å²) in [5.74, 6) is 0. The molecule has 0 unspecified atom stereocenters. The van der Waals surface area contributed by atoms with Crippen molar-refractivity contribution in [2.24, 2.45) is 0 Å². The van der Waals surface area contributed by atoms with Crippen molar-refractivity contribution in [2.45, 2.75) is 0 Å². The Labute approximate surface area is 320 Å². The molecule has 10 aromatic carbocycles. The van der Waals surface area contributed by atoms with Crippen molar-refractivity contribution >= 4 is 54.1 Å². The van der Waals surface area contributed by atoms with Crippen LogP contribution in [0.15, 0.2) is 212 Å². The van der Waals surface area contributed by atoms with Gasteiger partial charge in [-0.05, 0) is 89.5 Å². The van der Waals surface area contributed by atoms with Crippen LogP contribution in [-0.4, -0.2) is 4.57 Å². The molecule has 0 fully saturated rings. The summed E-state index contributed by atoms with van der Waals surface area (Å²) in [5, 5.41) is 10.1. The molecule has 0 aliphatic heterocycles. The van der Waals surface area contributed by atoms with Crippen LogP contribution in [0, 0.1) is 0 Å². The molecule has 0 saturated carbocycles. The summed E-state index contributed by atoms with van der Waals surface area (Å²) in [4.78, 5) is 0. The highest BCUT2D eigenvalue weighted by Gasteiger charge is 2.20. The molecule has 1 heterocycles. The first-order chi connectivity index (χ1) is 27.3. The Morgan fingerprint density at radius 1 is 0.255 bits per heavy atom. The van der Waals surface area contributed by atoms with Crippen LogP contribution in [0.4, 0.5) is 0 Å². The van der Waals surface area contributed by atoms with Gasteiger partial charge in [0.25, 0.3) is 0 Å². The van der Waals surface area contributed by atoms with Crippen LogP contribution in [-0.2, 0) is 0 Å². The SMILES string of the molecule is c1ccc(-c2ccc(-c3cccc4c5ccccc5n(-c5ccc(-c6c7ccccc7c(-c7cccc8ccccc78)c7ccccc67)cc5)c34)cc2)cc1. The fourth-order valence-corrected chi connectivity index (χ4v) is 8.94. The molecule has 256 valence electrons. The standard InChI is InChI=1S/C54H35N/c1-2-14-36(15-3-1)37-28-30-39(31-29-37)43-24-13-26-50-44-19-10-11-27-51(44)55(54(43)50)41-34-32-40(33-35-41)52-46-20-6-8-22-48(46)53(49-23-9-7-21-47(49)52)45-25-12-17-38-16-4-5-18-42(38)45/h1-35H. The van der Waals surface area contributed by atoms with E-state index in [9.17, 15) is 0 Å². The van der Waals surface area contributed by atoms with E-state index in [0.717, 1.165) is 5.69 Å². The molecular weight excluding hydrogens is 663 g/mol. The van der Waals surface area contributed by atoms with Crippen LogP contribution in [0.25, 0.3) is 104 Å². The molecule has 11 aromatic rings. The van der Waals surface area contributed by atoms with Crippen LogP contribution in [0.2, 0.25) is 0 Å². The van der Waals surface area contributed by atoms with Gasteiger partial charge in [-0.3, -0.25) is 0 Å². The maximum atomic E-state index is 2.45. The van der Waals surface area contributed by atoms with E-state index >= 15 is 0 Å². The van der Waals surface area contributed by atoms with E-state index < -0.39 is 0 Å². The number of para-hydroxylation sites is 2. The lowest BCUT2D eigenvalue weighted by Gasteiger charge is -2.19. The van der Waals surface area contributed by atoms with Crippen molar-refractivity contribution in [3.63, 3.8) is 0 Å². The molecule has 0 radical (unpaired) electrons. The minimum absolute atomic E-state index is 1.14. The second-order valence-electron chi connectivity index (χ2n) is 14.4. The predicted octanol–water partition coefficient (Wildman–Crippen LogP) is 14.9. The van der Waals surface area contributed by atoms with Crippen molar-refractivity contribution in [3.8, 4) is 50.2 Å². The molecule has 0 N–H and O–H groups in total. The first kappa shape index (κ1) is 31.3. The molecule has 0 bridgehead atoms. The first-order valence-corrected chi connectivity index (χ1v) is 19.0. The van der Waals surface area contributed by atoms with Crippen LogP contribution < -0.4 is 0 Å². The summed E-state index contributed by atoms with van der Waals surface area (Å²) in [7, 11) is 0. The summed E-state index contributed by atoms with van der Waals surface area (Å²) >= 11 is 0. The quantitative estimate of drug-likeness (QED) is 0.158. The number of fused-ring (bicyclic) bond motifs is 6.